The predicted octanol–water partition coefficient (Wildman–Crippen LogP) is 3.29. The predicted molar refractivity (Wildman–Crippen MR) is 82.6 cm³/mol. The summed E-state index contributed by atoms with van der Waals surface area (Å²) in [5, 5.41) is 12.2. The van der Waals surface area contributed by atoms with E-state index in [1.165, 1.54) is 11.3 Å². The number of rotatable bonds is 2. The minimum Gasteiger partial charge on any atom is -0.375 e. The van der Waals surface area contributed by atoms with Crippen LogP contribution >= 0.6 is 0 Å². The van der Waals surface area contributed by atoms with Gasteiger partial charge < -0.3 is 5.32 Å². The summed E-state index contributed by atoms with van der Waals surface area (Å²) in [6.07, 6.45) is 0.946. The maximum absolute atomic E-state index is 4.41. The van der Waals surface area contributed by atoms with Crippen molar-refractivity contribution in [1.29, 1.82) is 0 Å². The van der Waals surface area contributed by atoms with Gasteiger partial charge in [-0.25, -0.2) is 0 Å². The molecule has 1 atom stereocenters. The first-order chi connectivity index (χ1) is 10.3. The first-order valence-corrected chi connectivity index (χ1v) is 7.15. The van der Waals surface area contributed by atoms with Crippen molar-refractivity contribution in [3.63, 3.8) is 0 Å². The van der Waals surface area contributed by atoms with Gasteiger partial charge >= 0.3 is 0 Å². The molecule has 0 saturated heterocycles. The van der Waals surface area contributed by atoms with E-state index in [0.29, 0.717) is 0 Å². The van der Waals surface area contributed by atoms with Gasteiger partial charge in [-0.1, -0.05) is 36.4 Å². The molecule has 1 aliphatic rings. The summed E-state index contributed by atoms with van der Waals surface area (Å²) in [6.45, 7) is 1.99. The molecule has 0 saturated carbocycles. The SMILES string of the molecule is Cc1nnc(C2Cc3ccccc3N2)n1-c1ccccc1. The van der Waals surface area contributed by atoms with Crippen molar-refractivity contribution in [2.75, 3.05) is 5.32 Å². The van der Waals surface area contributed by atoms with Crippen molar-refractivity contribution >= 4 is 5.69 Å². The number of anilines is 1. The van der Waals surface area contributed by atoms with Crippen LogP contribution in [0.4, 0.5) is 5.69 Å². The van der Waals surface area contributed by atoms with Crippen molar-refractivity contribution in [1.82, 2.24) is 14.8 Å². The molecule has 4 rings (SSSR count). The average Bonchev–Trinajstić information content (AvgIpc) is 3.11. The second-order valence-corrected chi connectivity index (χ2v) is 5.33. The fourth-order valence-corrected chi connectivity index (χ4v) is 2.95. The molecule has 1 aromatic heterocycles. The Kier molecular flexibility index (Phi) is 2.74. The maximum atomic E-state index is 4.41. The zero-order valence-electron chi connectivity index (χ0n) is 11.8. The van der Waals surface area contributed by atoms with Crippen molar-refractivity contribution in [3.8, 4) is 5.69 Å². The lowest BCUT2D eigenvalue weighted by Crippen LogP contribution is -2.13. The van der Waals surface area contributed by atoms with Crippen LogP contribution in [0.5, 0.6) is 0 Å². The summed E-state index contributed by atoms with van der Waals surface area (Å²) in [5.74, 6) is 1.88. The molecule has 0 amide bonds. The summed E-state index contributed by atoms with van der Waals surface area (Å²) in [6, 6.07) is 18.9. The van der Waals surface area contributed by atoms with Crippen LogP contribution in [-0.2, 0) is 6.42 Å². The molecule has 0 fully saturated rings. The summed E-state index contributed by atoms with van der Waals surface area (Å²) in [5.41, 5.74) is 3.64. The third kappa shape index (κ3) is 2.00. The van der Waals surface area contributed by atoms with Crippen LogP contribution in [0.1, 0.15) is 23.3 Å². The molecule has 0 radical (unpaired) electrons. The average molecular weight is 276 g/mol. The van der Waals surface area contributed by atoms with Crippen LogP contribution in [0.3, 0.4) is 0 Å². The number of benzene rings is 2. The van der Waals surface area contributed by atoms with E-state index in [-0.39, 0.29) is 6.04 Å². The largest absolute Gasteiger partial charge is 0.375 e. The van der Waals surface area contributed by atoms with E-state index in [2.05, 4.69) is 56.5 Å². The molecule has 1 unspecified atom stereocenters. The quantitative estimate of drug-likeness (QED) is 0.781. The second-order valence-electron chi connectivity index (χ2n) is 5.33. The number of fused-ring (bicyclic) bond motifs is 1. The number of nitrogens with one attached hydrogen (secondary N) is 1. The van der Waals surface area contributed by atoms with E-state index >= 15 is 0 Å². The van der Waals surface area contributed by atoms with Crippen molar-refractivity contribution in [2.45, 2.75) is 19.4 Å². The van der Waals surface area contributed by atoms with E-state index in [1.807, 2.05) is 25.1 Å². The minimum absolute atomic E-state index is 0.170. The molecular formula is C17H16N4. The first kappa shape index (κ1) is 12.1. The highest BCUT2D eigenvalue weighted by Crippen LogP contribution is 2.34. The molecule has 0 spiro atoms. The number of aryl methyl sites for hydroxylation is 1. The van der Waals surface area contributed by atoms with Crippen LogP contribution < -0.4 is 5.32 Å². The van der Waals surface area contributed by atoms with Gasteiger partial charge in [-0.3, -0.25) is 4.57 Å². The summed E-state index contributed by atoms with van der Waals surface area (Å²) in [4.78, 5) is 0. The van der Waals surface area contributed by atoms with E-state index in [1.54, 1.807) is 0 Å². The number of hydrogen-bond donors (Lipinski definition) is 1. The van der Waals surface area contributed by atoms with Gasteiger partial charge in [-0.15, -0.1) is 10.2 Å². The lowest BCUT2D eigenvalue weighted by molar-refractivity contribution is 0.720. The molecule has 4 nitrogen and oxygen atoms in total. The van der Waals surface area contributed by atoms with Crippen LogP contribution in [0.15, 0.2) is 54.6 Å². The Balaban J connectivity index is 1.75. The van der Waals surface area contributed by atoms with E-state index < -0.39 is 0 Å². The molecule has 104 valence electrons. The Morgan fingerprint density at radius 3 is 2.57 bits per heavy atom. The Labute approximate surface area is 123 Å². The molecule has 3 aromatic rings. The van der Waals surface area contributed by atoms with Crippen molar-refractivity contribution in [2.24, 2.45) is 0 Å². The lowest BCUT2D eigenvalue weighted by atomic mass is 10.1. The molecular weight excluding hydrogens is 260 g/mol. The number of aromatic nitrogens is 3. The molecule has 2 aromatic carbocycles. The summed E-state index contributed by atoms with van der Waals surface area (Å²) < 4.78 is 2.13. The molecule has 1 N–H and O–H groups in total. The van der Waals surface area contributed by atoms with Gasteiger partial charge in [0.2, 0.25) is 0 Å². The smallest absolute Gasteiger partial charge is 0.160 e. The zero-order chi connectivity index (χ0) is 14.2. The Bertz CT molecular complexity index is 751. The number of hydrogen-bond acceptors (Lipinski definition) is 3. The van der Waals surface area contributed by atoms with Crippen molar-refractivity contribution < 1.29 is 0 Å². The van der Waals surface area contributed by atoms with Crippen molar-refractivity contribution in [3.05, 3.63) is 71.8 Å². The normalized spacial score (nSPS) is 16.5. The Morgan fingerprint density at radius 2 is 1.76 bits per heavy atom. The molecule has 1 aliphatic heterocycles. The van der Waals surface area contributed by atoms with Crippen LogP contribution in [0, 0.1) is 6.92 Å². The first-order valence-electron chi connectivity index (χ1n) is 7.15. The monoisotopic (exact) mass is 276 g/mol. The highest BCUT2D eigenvalue weighted by molar-refractivity contribution is 5.57. The van der Waals surface area contributed by atoms with Gasteiger partial charge in [0.25, 0.3) is 0 Å². The Morgan fingerprint density at radius 1 is 1.00 bits per heavy atom. The second kappa shape index (κ2) is 4.74. The van der Waals surface area contributed by atoms with Gasteiger partial charge in [0.15, 0.2) is 5.82 Å². The molecule has 0 bridgehead atoms. The molecule has 4 heteroatoms. The van der Waals surface area contributed by atoms with Gasteiger partial charge in [0.05, 0.1) is 6.04 Å². The third-order valence-corrected chi connectivity index (χ3v) is 3.95. The van der Waals surface area contributed by atoms with E-state index in [9.17, 15) is 0 Å². The van der Waals surface area contributed by atoms with E-state index in [4.69, 9.17) is 0 Å². The fourth-order valence-electron chi connectivity index (χ4n) is 2.95. The van der Waals surface area contributed by atoms with Crippen LogP contribution in [0.2, 0.25) is 0 Å². The van der Waals surface area contributed by atoms with Gasteiger partial charge in [-0.2, -0.15) is 0 Å². The van der Waals surface area contributed by atoms with Gasteiger partial charge in [0.1, 0.15) is 5.82 Å². The fraction of sp³-hybridized carbons (Fsp3) is 0.176. The minimum atomic E-state index is 0.170. The topological polar surface area (TPSA) is 42.7 Å². The highest BCUT2D eigenvalue weighted by Gasteiger charge is 2.27. The third-order valence-electron chi connectivity index (χ3n) is 3.95. The van der Waals surface area contributed by atoms with Crippen LogP contribution in [-0.4, -0.2) is 14.8 Å². The van der Waals surface area contributed by atoms with Gasteiger partial charge in [-0.05, 0) is 30.7 Å². The molecule has 21 heavy (non-hydrogen) atoms. The van der Waals surface area contributed by atoms with Crippen LogP contribution in [0.25, 0.3) is 5.69 Å². The van der Waals surface area contributed by atoms with E-state index in [0.717, 1.165) is 23.8 Å². The number of para-hydroxylation sites is 2. The van der Waals surface area contributed by atoms with Gasteiger partial charge in [0, 0.05) is 17.8 Å². The lowest BCUT2D eigenvalue weighted by Gasteiger charge is -2.14. The summed E-state index contributed by atoms with van der Waals surface area (Å²) >= 11 is 0. The number of nitrogens with zero attached hydrogens (tertiary/aromatic N) is 3. The highest BCUT2D eigenvalue weighted by atomic mass is 15.3. The Hall–Kier alpha value is -2.62. The zero-order valence-corrected chi connectivity index (χ0v) is 11.8. The summed E-state index contributed by atoms with van der Waals surface area (Å²) in [7, 11) is 0. The molecule has 2 heterocycles. The molecule has 0 aliphatic carbocycles. The maximum Gasteiger partial charge on any atom is 0.160 e. The standard InChI is InChI=1S/C17H16N4/c1-12-19-20-17(21(12)14-8-3-2-4-9-14)16-11-13-7-5-6-10-15(13)18-16/h2-10,16,18H,11H2,1H3.